The molecule has 1 aromatic heterocycles. The zero-order chi connectivity index (χ0) is 11.3. The maximum atomic E-state index is 11.8. The summed E-state index contributed by atoms with van der Waals surface area (Å²) >= 11 is 0. The largest absolute Gasteiger partial charge is 0.389 e. The first kappa shape index (κ1) is 11.6. The molecule has 0 aromatic carbocycles. The Hall–Kier alpha value is -1.46. The Morgan fingerprint density at radius 3 is 2.40 bits per heavy atom. The summed E-state index contributed by atoms with van der Waals surface area (Å²) < 4.78 is 35.3. The molecule has 0 bridgehead atoms. The fourth-order valence-corrected chi connectivity index (χ4v) is 1.04. The van der Waals surface area contributed by atoms with Crippen LogP contribution in [0.15, 0.2) is 18.7 Å². The number of ketones is 1. The zero-order valence-corrected chi connectivity index (χ0v) is 7.79. The monoisotopic (exact) mass is 218 g/mol. The van der Waals surface area contributed by atoms with Crippen LogP contribution >= 0.6 is 0 Å². The van der Waals surface area contributed by atoms with E-state index in [9.17, 15) is 18.0 Å². The molecule has 0 aliphatic rings. The Labute approximate surface area is 84.4 Å². The first-order valence-corrected chi connectivity index (χ1v) is 4.34. The molecule has 82 valence electrons. The number of aromatic nitrogens is 2. The normalized spacial score (nSPS) is 11.4. The third kappa shape index (κ3) is 4.53. The molecular formula is C9H9F3N2O. The van der Waals surface area contributed by atoms with Crippen LogP contribution in [-0.2, 0) is 0 Å². The van der Waals surface area contributed by atoms with Crippen LogP contribution in [0, 0.1) is 0 Å². The van der Waals surface area contributed by atoms with Crippen molar-refractivity contribution in [1.82, 2.24) is 9.97 Å². The van der Waals surface area contributed by atoms with Crippen molar-refractivity contribution in [3.05, 3.63) is 24.3 Å². The average Bonchev–Trinajstić information content (AvgIpc) is 2.17. The fraction of sp³-hybridized carbons (Fsp3) is 0.444. The molecule has 1 aromatic rings. The molecule has 1 heterocycles. The van der Waals surface area contributed by atoms with E-state index in [0.29, 0.717) is 0 Å². The summed E-state index contributed by atoms with van der Waals surface area (Å²) in [6, 6.07) is 0. The summed E-state index contributed by atoms with van der Waals surface area (Å²) in [5.41, 5.74) is 0.250. The van der Waals surface area contributed by atoms with E-state index in [0.717, 1.165) is 0 Å². The molecule has 0 aliphatic carbocycles. The molecule has 0 unspecified atom stereocenters. The lowest BCUT2D eigenvalue weighted by atomic mass is 10.1. The molecular weight excluding hydrogens is 209 g/mol. The Balaban J connectivity index is 2.38. The van der Waals surface area contributed by atoms with Gasteiger partial charge in [-0.25, -0.2) is 9.97 Å². The smallest absolute Gasteiger partial charge is 0.294 e. The maximum absolute atomic E-state index is 11.8. The van der Waals surface area contributed by atoms with Gasteiger partial charge in [-0.05, 0) is 6.42 Å². The van der Waals surface area contributed by atoms with Crippen molar-refractivity contribution < 1.29 is 18.0 Å². The van der Waals surface area contributed by atoms with Crippen molar-refractivity contribution in [3.8, 4) is 0 Å². The molecule has 0 amide bonds. The number of rotatable bonds is 4. The topological polar surface area (TPSA) is 42.9 Å². The second-order valence-corrected chi connectivity index (χ2v) is 3.02. The maximum Gasteiger partial charge on any atom is 0.389 e. The highest BCUT2D eigenvalue weighted by Gasteiger charge is 2.26. The number of nitrogens with zero attached hydrogens (tertiary/aromatic N) is 2. The van der Waals surface area contributed by atoms with E-state index in [1.165, 1.54) is 18.7 Å². The van der Waals surface area contributed by atoms with E-state index in [4.69, 9.17) is 0 Å². The molecule has 15 heavy (non-hydrogen) atoms. The van der Waals surface area contributed by atoms with Crippen LogP contribution in [-0.4, -0.2) is 21.9 Å². The number of carbonyl (C=O) groups is 1. The number of hydrogen-bond acceptors (Lipinski definition) is 3. The van der Waals surface area contributed by atoms with Crippen LogP contribution in [0.3, 0.4) is 0 Å². The molecule has 0 aliphatic heterocycles. The van der Waals surface area contributed by atoms with Gasteiger partial charge in [0.05, 0.1) is 5.56 Å². The summed E-state index contributed by atoms with van der Waals surface area (Å²) in [6.45, 7) is 0. The number of halogens is 3. The van der Waals surface area contributed by atoms with Gasteiger partial charge in [0.1, 0.15) is 6.33 Å². The predicted octanol–water partition coefficient (Wildman–Crippen LogP) is 2.39. The molecule has 0 saturated heterocycles. The van der Waals surface area contributed by atoms with Crippen LogP contribution in [0.25, 0.3) is 0 Å². The summed E-state index contributed by atoms with van der Waals surface area (Å²) in [6.07, 6.45) is -1.62. The standard InChI is InChI=1S/C9H9F3N2O/c10-9(11,12)3-1-2-8(15)7-4-13-6-14-5-7/h4-6H,1-3H2. The van der Waals surface area contributed by atoms with Crippen molar-refractivity contribution >= 4 is 5.78 Å². The van der Waals surface area contributed by atoms with Crippen molar-refractivity contribution in [1.29, 1.82) is 0 Å². The lowest BCUT2D eigenvalue weighted by Crippen LogP contribution is -2.08. The highest BCUT2D eigenvalue weighted by Crippen LogP contribution is 2.22. The molecule has 6 heteroatoms. The van der Waals surface area contributed by atoms with E-state index >= 15 is 0 Å². The Kier molecular flexibility index (Phi) is 3.76. The number of Topliss-reactive ketones (excluding diaryl/α,β-unsaturated/α-hetero) is 1. The second-order valence-electron chi connectivity index (χ2n) is 3.02. The zero-order valence-electron chi connectivity index (χ0n) is 7.79. The molecule has 0 radical (unpaired) electrons. The number of carbonyl (C=O) groups excluding carboxylic acids is 1. The first-order valence-electron chi connectivity index (χ1n) is 4.34. The van der Waals surface area contributed by atoms with Crippen LogP contribution in [0.1, 0.15) is 29.6 Å². The van der Waals surface area contributed by atoms with Gasteiger partial charge in [-0.1, -0.05) is 0 Å². The van der Waals surface area contributed by atoms with Gasteiger partial charge >= 0.3 is 6.18 Å². The van der Waals surface area contributed by atoms with Gasteiger partial charge < -0.3 is 0 Å². The lowest BCUT2D eigenvalue weighted by molar-refractivity contribution is -0.135. The highest BCUT2D eigenvalue weighted by molar-refractivity contribution is 5.95. The van der Waals surface area contributed by atoms with Crippen LogP contribution < -0.4 is 0 Å². The van der Waals surface area contributed by atoms with Crippen LogP contribution in [0.5, 0.6) is 0 Å². The summed E-state index contributed by atoms with van der Waals surface area (Å²) in [5, 5.41) is 0. The van der Waals surface area contributed by atoms with E-state index in [1.807, 2.05) is 0 Å². The molecule has 0 fully saturated rings. The van der Waals surface area contributed by atoms with Gasteiger partial charge in [0.25, 0.3) is 0 Å². The molecule has 1 rings (SSSR count). The highest BCUT2D eigenvalue weighted by atomic mass is 19.4. The second kappa shape index (κ2) is 4.86. The van der Waals surface area contributed by atoms with Gasteiger partial charge in [0, 0.05) is 25.2 Å². The SMILES string of the molecule is O=C(CCCC(F)(F)F)c1cncnc1. The van der Waals surface area contributed by atoms with E-state index in [2.05, 4.69) is 9.97 Å². The quantitative estimate of drug-likeness (QED) is 0.728. The van der Waals surface area contributed by atoms with Gasteiger partial charge in [-0.2, -0.15) is 13.2 Å². The Morgan fingerprint density at radius 2 is 1.87 bits per heavy atom. The summed E-state index contributed by atoms with van der Waals surface area (Å²) in [4.78, 5) is 18.5. The van der Waals surface area contributed by atoms with Gasteiger partial charge in [0.15, 0.2) is 5.78 Å². The molecule has 3 nitrogen and oxygen atoms in total. The molecule has 0 atom stereocenters. The minimum absolute atomic E-state index is 0.132. The van der Waals surface area contributed by atoms with E-state index in [-0.39, 0.29) is 24.2 Å². The Bertz CT molecular complexity index is 324. The summed E-state index contributed by atoms with van der Waals surface area (Å²) in [5.74, 6) is -0.361. The fourth-order valence-electron chi connectivity index (χ4n) is 1.04. The number of hydrogen-bond donors (Lipinski definition) is 0. The number of alkyl halides is 3. The van der Waals surface area contributed by atoms with Gasteiger partial charge in [-0.3, -0.25) is 4.79 Å². The minimum Gasteiger partial charge on any atom is -0.294 e. The Morgan fingerprint density at radius 1 is 1.27 bits per heavy atom. The summed E-state index contributed by atoms with van der Waals surface area (Å²) in [7, 11) is 0. The van der Waals surface area contributed by atoms with Crippen molar-refractivity contribution in [2.75, 3.05) is 0 Å². The minimum atomic E-state index is -4.20. The van der Waals surface area contributed by atoms with Gasteiger partial charge in [0.2, 0.25) is 0 Å². The van der Waals surface area contributed by atoms with Crippen LogP contribution in [0.4, 0.5) is 13.2 Å². The van der Waals surface area contributed by atoms with Crippen molar-refractivity contribution in [2.45, 2.75) is 25.4 Å². The van der Waals surface area contributed by atoms with E-state index in [1.54, 1.807) is 0 Å². The predicted molar refractivity (Wildman–Crippen MR) is 46.3 cm³/mol. The van der Waals surface area contributed by atoms with Gasteiger partial charge in [-0.15, -0.1) is 0 Å². The third-order valence-corrected chi connectivity index (χ3v) is 1.75. The van der Waals surface area contributed by atoms with Crippen LogP contribution in [0.2, 0.25) is 0 Å². The first-order chi connectivity index (χ1) is 6.99. The average molecular weight is 218 g/mol. The molecule has 0 saturated carbocycles. The third-order valence-electron chi connectivity index (χ3n) is 1.75. The lowest BCUT2D eigenvalue weighted by Gasteiger charge is -2.04. The molecule has 0 spiro atoms. The molecule has 0 N–H and O–H groups in total. The van der Waals surface area contributed by atoms with Crippen molar-refractivity contribution in [3.63, 3.8) is 0 Å². The van der Waals surface area contributed by atoms with E-state index < -0.39 is 12.6 Å². The van der Waals surface area contributed by atoms with Crippen molar-refractivity contribution in [2.24, 2.45) is 0 Å².